The van der Waals surface area contributed by atoms with Gasteiger partial charge >= 0.3 is 5.97 Å². The van der Waals surface area contributed by atoms with Crippen molar-refractivity contribution in [2.24, 2.45) is 0 Å². The van der Waals surface area contributed by atoms with Gasteiger partial charge in [-0.25, -0.2) is 14.8 Å². The summed E-state index contributed by atoms with van der Waals surface area (Å²) in [6, 6.07) is 6.34. The highest BCUT2D eigenvalue weighted by Gasteiger charge is 2.13. The second-order valence-corrected chi connectivity index (χ2v) is 8.10. The number of hydrogen-bond acceptors (Lipinski definition) is 8. The van der Waals surface area contributed by atoms with Crippen molar-refractivity contribution in [2.45, 2.75) is 24.7 Å². The largest absolute Gasteiger partial charge is 0.462 e. The summed E-state index contributed by atoms with van der Waals surface area (Å²) in [6.07, 6.45) is 1.33. The summed E-state index contributed by atoms with van der Waals surface area (Å²) >= 11 is 2.83. The average molecular weight is 419 g/mol. The Bertz CT molecular complexity index is 1060. The summed E-state index contributed by atoms with van der Waals surface area (Å²) < 4.78 is 7.39. The molecular formula is C18H18N4O4S2. The zero-order chi connectivity index (χ0) is 20.1. The van der Waals surface area contributed by atoms with E-state index in [9.17, 15) is 14.4 Å². The molecule has 0 fully saturated rings. The van der Waals surface area contributed by atoms with E-state index in [4.69, 9.17) is 4.74 Å². The number of thioether (sulfide) groups is 1. The number of anilines is 1. The molecule has 28 heavy (non-hydrogen) atoms. The maximum Gasteiger partial charge on any atom is 0.338 e. The lowest BCUT2D eigenvalue weighted by Crippen LogP contribution is -2.27. The van der Waals surface area contributed by atoms with Gasteiger partial charge in [-0.15, -0.1) is 11.3 Å². The second-order valence-electron chi connectivity index (χ2n) is 5.59. The molecule has 0 aliphatic rings. The molecule has 8 nitrogen and oxygen atoms in total. The van der Waals surface area contributed by atoms with E-state index in [0.29, 0.717) is 28.2 Å². The molecule has 10 heteroatoms. The maximum absolute atomic E-state index is 12.6. The molecule has 1 amide bonds. The molecule has 146 valence electrons. The standard InChI is InChI=1S/C18H18N4O4S2/c1-3-26-17(25)11-5-7-12(8-6-11)20-13(23)9-22-10-19-15-14(16(22)24)28-18(21-15)27-4-2/h5-8,10H,3-4,9H2,1-2H3,(H,20,23). The fraction of sp³-hybridized carbons (Fsp3) is 0.278. The molecule has 3 aromatic rings. The van der Waals surface area contributed by atoms with Crippen LogP contribution >= 0.6 is 23.1 Å². The van der Waals surface area contributed by atoms with Gasteiger partial charge in [0.05, 0.1) is 12.2 Å². The molecule has 0 aliphatic heterocycles. The first kappa shape index (κ1) is 20.0. The fourth-order valence-electron chi connectivity index (χ4n) is 2.38. The van der Waals surface area contributed by atoms with Crippen LogP contribution in [0.3, 0.4) is 0 Å². The number of nitrogens with one attached hydrogen (secondary N) is 1. The normalized spacial score (nSPS) is 10.8. The summed E-state index contributed by atoms with van der Waals surface area (Å²) in [4.78, 5) is 45.0. The van der Waals surface area contributed by atoms with Crippen molar-refractivity contribution in [1.29, 1.82) is 0 Å². The van der Waals surface area contributed by atoms with Crippen molar-refractivity contribution in [3.8, 4) is 0 Å². The minimum Gasteiger partial charge on any atom is -0.462 e. The zero-order valence-corrected chi connectivity index (χ0v) is 16.9. The number of hydrogen-bond donors (Lipinski definition) is 1. The zero-order valence-electron chi connectivity index (χ0n) is 15.3. The number of rotatable bonds is 7. The first-order valence-electron chi connectivity index (χ1n) is 8.57. The Kier molecular flexibility index (Phi) is 6.42. The third-order valence-corrected chi connectivity index (χ3v) is 5.68. The Hall–Kier alpha value is -2.72. The van der Waals surface area contributed by atoms with Crippen LogP contribution in [0.5, 0.6) is 0 Å². The predicted molar refractivity (Wildman–Crippen MR) is 109 cm³/mol. The van der Waals surface area contributed by atoms with Gasteiger partial charge in [0.1, 0.15) is 17.6 Å². The Morgan fingerprint density at radius 2 is 2.00 bits per heavy atom. The number of carbonyl (C=O) groups is 2. The number of benzene rings is 1. The van der Waals surface area contributed by atoms with Gasteiger partial charge in [0.15, 0.2) is 9.99 Å². The highest BCUT2D eigenvalue weighted by Crippen LogP contribution is 2.25. The van der Waals surface area contributed by atoms with E-state index >= 15 is 0 Å². The molecule has 0 radical (unpaired) electrons. The number of fused-ring (bicyclic) bond motifs is 1. The lowest BCUT2D eigenvalue weighted by atomic mass is 10.2. The van der Waals surface area contributed by atoms with E-state index in [1.807, 2.05) is 6.92 Å². The van der Waals surface area contributed by atoms with Gasteiger partial charge in [-0.1, -0.05) is 18.7 Å². The fourth-order valence-corrected chi connectivity index (χ4v) is 4.32. The molecule has 2 heterocycles. The van der Waals surface area contributed by atoms with E-state index in [1.165, 1.54) is 22.2 Å². The molecule has 0 atom stereocenters. The number of amides is 1. The summed E-state index contributed by atoms with van der Waals surface area (Å²) in [5, 5.41) is 2.69. The number of aromatic nitrogens is 3. The summed E-state index contributed by atoms with van der Waals surface area (Å²) in [5.41, 5.74) is 1.02. The Balaban J connectivity index is 1.70. The molecule has 0 spiro atoms. The van der Waals surface area contributed by atoms with Crippen molar-refractivity contribution in [3.63, 3.8) is 0 Å². The smallest absolute Gasteiger partial charge is 0.338 e. The van der Waals surface area contributed by atoms with Gasteiger partial charge < -0.3 is 10.1 Å². The molecule has 2 aromatic heterocycles. The van der Waals surface area contributed by atoms with Crippen molar-refractivity contribution in [2.75, 3.05) is 17.7 Å². The summed E-state index contributed by atoms with van der Waals surface area (Å²) in [5.74, 6) is 0.0574. The topological polar surface area (TPSA) is 103 Å². The van der Waals surface area contributed by atoms with Crippen LogP contribution in [-0.4, -0.2) is 38.8 Å². The van der Waals surface area contributed by atoms with Crippen molar-refractivity contribution in [3.05, 3.63) is 46.5 Å². The van der Waals surface area contributed by atoms with Crippen LogP contribution in [-0.2, 0) is 16.1 Å². The number of ether oxygens (including phenoxy) is 1. The van der Waals surface area contributed by atoms with Gasteiger partial charge in [0.25, 0.3) is 5.56 Å². The number of esters is 1. The SMILES string of the molecule is CCOC(=O)c1ccc(NC(=O)Cn2cnc3nc(SCC)sc3c2=O)cc1. The van der Waals surface area contributed by atoms with Crippen molar-refractivity contribution < 1.29 is 14.3 Å². The van der Waals surface area contributed by atoms with Gasteiger partial charge in [-0.05, 0) is 36.9 Å². The molecule has 0 aliphatic carbocycles. The van der Waals surface area contributed by atoms with Crippen LogP contribution < -0.4 is 10.9 Å². The van der Waals surface area contributed by atoms with Crippen LogP contribution in [0.4, 0.5) is 5.69 Å². The van der Waals surface area contributed by atoms with E-state index < -0.39 is 5.97 Å². The number of carbonyl (C=O) groups excluding carboxylic acids is 2. The number of nitrogens with zero attached hydrogens (tertiary/aromatic N) is 3. The first-order valence-corrected chi connectivity index (χ1v) is 10.4. The second kappa shape index (κ2) is 8.98. The highest BCUT2D eigenvalue weighted by atomic mass is 32.2. The molecular weight excluding hydrogens is 400 g/mol. The Labute approximate surface area is 169 Å². The molecule has 1 N–H and O–H groups in total. The first-order chi connectivity index (χ1) is 13.5. The average Bonchev–Trinajstić information content (AvgIpc) is 3.09. The quantitative estimate of drug-likeness (QED) is 0.465. The van der Waals surface area contributed by atoms with Crippen LogP contribution in [0.15, 0.2) is 39.7 Å². The van der Waals surface area contributed by atoms with Crippen LogP contribution in [0.2, 0.25) is 0 Å². The maximum atomic E-state index is 12.6. The van der Waals surface area contributed by atoms with E-state index in [0.717, 1.165) is 10.1 Å². The van der Waals surface area contributed by atoms with Gasteiger partial charge in [-0.3, -0.25) is 14.2 Å². The lowest BCUT2D eigenvalue weighted by molar-refractivity contribution is -0.116. The number of thiazole rings is 1. The van der Waals surface area contributed by atoms with E-state index in [1.54, 1.807) is 43.0 Å². The van der Waals surface area contributed by atoms with Crippen LogP contribution in [0.25, 0.3) is 10.3 Å². The minimum atomic E-state index is -0.420. The molecule has 0 saturated heterocycles. The Morgan fingerprint density at radius 1 is 1.25 bits per heavy atom. The molecule has 0 saturated carbocycles. The van der Waals surface area contributed by atoms with Crippen LogP contribution in [0, 0.1) is 0 Å². The molecule has 1 aromatic carbocycles. The van der Waals surface area contributed by atoms with Gasteiger partial charge in [0, 0.05) is 5.69 Å². The monoisotopic (exact) mass is 418 g/mol. The summed E-state index contributed by atoms with van der Waals surface area (Å²) in [6.45, 7) is 3.86. The van der Waals surface area contributed by atoms with Gasteiger partial charge in [-0.2, -0.15) is 0 Å². The molecule has 0 bridgehead atoms. The van der Waals surface area contributed by atoms with E-state index in [-0.39, 0.29) is 18.0 Å². The Morgan fingerprint density at radius 3 is 2.68 bits per heavy atom. The van der Waals surface area contributed by atoms with E-state index in [2.05, 4.69) is 15.3 Å². The van der Waals surface area contributed by atoms with Crippen molar-refractivity contribution in [1.82, 2.24) is 14.5 Å². The molecule has 3 rings (SSSR count). The van der Waals surface area contributed by atoms with Crippen molar-refractivity contribution >= 4 is 51.0 Å². The third-order valence-electron chi connectivity index (χ3n) is 3.63. The van der Waals surface area contributed by atoms with Crippen LogP contribution in [0.1, 0.15) is 24.2 Å². The minimum absolute atomic E-state index is 0.171. The lowest BCUT2D eigenvalue weighted by Gasteiger charge is -2.08. The summed E-state index contributed by atoms with van der Waals surface area (Å²) in [7, 11) is 0. The predicted octanol–water partition coefficient (Wildman–Crippen LogP) is 2.78. The molecule has 0 unspecified atom stereocenters. The third kappa shape index (κ3) is 4.57. The highest BCUT2D eigenvalue weighted by molar-refractivity contribution is 8.01. The van der Waals surface area contributed by atoms with Gasteiger partial charge in [0.2, 0.25) is 5.91 Å².